The summed E-state index contributed by atoms with van der Waals surface area (Å²) < 4.78 is 33.3. The van der Waals surface area contributed by atoms with Crippen LogP contribution in [0, 0.1) is 0 Å². The van der Waals surface area contributed by atoms with Crippen LogP contribution in [0.1, 0.15) is 174 Å². The summed E-state index contributed by atoms with van der Waals surface area (Å²) in [6.07, 6.45) is 14.8. The van der Waals surface area contributed by atoms with E-state index in [0.29, 0.717) is 12.8 Å². The molecule has 2 fully saturated rings. The Kier molecular flexibility index (Phi) is 31.4. The number of esters is 2. The summed E-state index contributed by atoms with van der Waals surface area (Å²) in [4.78, 5) is 25.3. The van der Waals surface area contributed by atoms with Crippen LogP contribution in [0.25, 0.3) is 0 Å². The van der Waals surface area contributed by atoms with Crippen LogP contribution in [-0.2, 0) is 38.0 Å². The lowest BCUT2D eigenvalue weighted by Crippen LogP contribution is -2.61. The molecule has 0 radical (unpaired) electrons. The van der Waals surface area contributed by atoms with E-state index >= 15 is 0 Å². The van der Waals surface area contributed by atoms with Gasteiger partial charge in [-0.2, -0.15) is 0 Å². The summed E-state index contributed by atoms with van der Waals surface area (Å²) in [6.45, 7) is 2.45. The van der Waals surface area contributed by atoms with E-state index in [0.717, 1.165) is 44.9 Å². The van der Waals surface area contributed by atoms with Crippen molar-refractivity contribution in [2.45, 2.75) is 242 Å². The van der Waals surface area contributed by atoms with Gasteiger partial charge in [0.2, 0.25) is 0 Å². The Morgan fingerprint density at radius 1 is 0.508 bits per heavy atom. The molecular formula is C46H84O15. The molecule has 0 aromatic carbocycles. The molecule has 61 heavy (non-hydrogen) atoms. The summed E-state index contributed by atoms with van der Waals surface area (Å²) >= 11 is 0. The first-order valence-electron chi connectivity index (χ1n) is 23.8. The Morgan fingerprint density at radius 3 is 1.46 bits per heavy atom. The number of carbonyl (C=O) groups is 2. The highest BCUT2D eigenvalue weighted by atomic mass is 16.7. The topological polar surface area (TPSA) is 231 Å². The van der Waals surface area contributed by atoms with Crippen LogP contribution in [0.2, 0.25) is 0 Å². The van der Waals surface area contributed by atoms with Crippen molar-refractivity contribution in [2.75, 3.05) is 26.4 Å². The molecule has 0 aliphatic carbocycles. The van der Waals surface area contributed by atoms with Gasteiger partial charge in [-0.1, -0.05) is 135 Å². The molecule has 2 aliphatic heterocycles. The normalized spacial score (nSPS) is 27.4. The molecule has 15 heteroatoms. The molecule has 2 heterocycles. The third-order valence-corrected chi connectivity index (χ3v) is 11.5. The van der Waals surface area contributed by atoms with Crippen molar-refractivity contribution in [3.63, 3.8) is 0 Å². The molecule has 15 nitrogen and oxygen atoms in total. The van der Waals surface area contributed by atoms with Gasteiger partial charge in [0.25, 0.3) is 0 Å². The largest absolute Gasteiger partial charge is 0.462 e. The van der Waals surface area contributed by atoms with Gasteiger partial charge in [0.05, 0.1) is 19.8 Å². The van der Waals surface area contributed by atoms with Gasteiger partial charge in [-0.25, -0.2) is 0 Å². The molecule has 0 bridgehead atoms. The Hall–Kier alpha value is -1.76. The van der Waals surface area contributed by atoms with Crippen LogP contribution in [0.15, 0.2) is 12.2 Å². The minimum absolute atomic E-state index is 0.166. The number of aliphatic hydroxyl groups excluding tert-OH is 7. The molecule has 0 aromatic heterocycles. The van der Waals surface area contributed by atoms with E-state index in [4.69, 9.17) is 28.4 Å². The zero-order valence-corrected chi connectivity index (χ0v) is 37.4. The average molecular weight is 877 g/mol. The first-order valence-corrected chi connectivity index (χ1v) is 23.8. The van der Waals surface area contributed by atoms with E-state index in [9.17, 15) is 45.3 Å². The smallest absolute Gasteiger partial charge is 0.306 e. The summed E-state index contributed by atoms with van der Waals surface area (Å²) in [5.41, 5.74) is 0. The van der Waals surface area contributed by atoms with Gasteiger partial charge in [0.1, 0.15) is 55.4 Å². The second kappa shape index (κ2) is 34.6. The van der Waals surface area contributed by atoms with Crippen LogP contribution in [0.5, 0.6) is 0 Å². The summed E-state index contributed by atoms with van der Waals surface area (Å²) in [5, 5.41) is 71.6. The highest BCUT2D eigenvalue weighted by Gasteiger charge is 2.47. The summed E-state index contributed by atoms with van der Waals surface area (Å²) in [6, 6.07) is 0. The van der Waals surface area contributed by atoms with Gasteiger partial charge in [-0.05, 0) is 38.5 Å². The van der Waals surface area contributed by atoms with Crippen LogP contribution in [-0.4, -0.2) is 142 Å². The van der Waals surface area contributed by atoms with E-state index in [2.05, 4.69) is 26.0 Å². The maximum absolute atomic E-state index is 12.9. The number of rotatable bonds is 36. The second-order valence-electron chi connectivity index (χ2n) is 16.9. The number of hydrogen-bond donors (Lipinski definition) is 7. The molecule has 2 rings (SSSR count). The first kappa shape index (κ1) is 55.4. The summed E-state index contributed by atoms with van der Waals surface area (Å²) in [5.74, 6) is -0.943. The maximum atomic E-state index is 12.9. The summed E-state index contributed by atoms with van der Waals surface area (Å²) in [7, 11) is 0. The molecule has 7 N–H and O–H groups in total. The van der Waals surface area contributed by atoms with Gasteiger partial charge in [-0.3, -0.25) is 9.59 Å². The van der Waals surface area contributed by atoms with Crippen molar-refractivity contribution in [1.29, 1.82) is 0 Å². The van der Waals surface area contributed by atoms with E-state index < -0.39 is 92.7 Å². The monoisotopic (exact) mass is 877 g/mol. The minimum atomic E-state index is -1.76. The lowest BCUT2D eigenvalue weighted by atomic mass is 9.98. The fraction of sp³-hybridized carbons (Fsp3) is 0.913. The van der Waals surface area contributed by atoms with Crippen molar-refractivity contribution in [3.8, 4) is 0 Å². The Bertz CT molecular complexity index is 1120. The van der Waals surface area contributed by atoms with Gasteiger partial charge in [-0.15, -0.1) is 0 Å². The maximum Gasteiger partial charge on any atom is 0.306 e. The van der Waals surface area contributed by atoms with Gasteiger partial charge in [0.15, 0.2) is 18.7 Å². The second-order valence-corrected chi connectivity index (χ2v) is 16.9. The van der Waals surface area contributed by atoms with Gasteiger partial charge in [0, 0.05) is 12.8 Å². The number of carbonyl (C=O) groups excluding carboxylic acids is 2. The number of hydrogen-bond acceptors (Lipinski definition) is 15. The predicted octanol–water partition coefficient (Wildman–Crippen LogP) is 5.43. The third kappa shape index (κ3) is 23.7. The van der Waals surface area contributed by atoms with Crippen LogP contribution in [0.3, 0.4) is 0 Å². The molecular weight excluding hydrogens is 792 g/mol. The van der Waals surface area contributed by atoms with Crippen LogP contribution < -0.4 is 0 Å². The van der Waals surface area contributed by atoms with Crippen molar-refractivity contribution < 1.29 is 73.8 Å². The third-order valence-electron chi connectivity index (χ3n) is 11.5. The SMILES string of the molecule is CCCCCCCCCC/C=C\CCCCCCCCCCCC(=O)OC(COC(=O)CCCCCC)COC1OC(COC2OC(CO)C(O)C(O)C2O)C(O)C(O)C1O. The molecule has 11 atom stereocenters. The highest BCUT2D eigenvalue weighted by molar-refractivity contribution is 5.70. The van der Waals surface area contributed by atoms with E-state index in [1.165, 1.54) is 89.9 Å². The Labute approximate surface area is 365 Å². The fourth-order valence-electron chi connectivity index (χ4n) is 7.50. The van der Waals surface area contributed by atoms with Gasteiger partial charge < -0.3 is 64.2 Å². The molecule has 358 valence electrons. The van der Waals surface area contributed by atoms with Crippen molar-refractivity contribution in [2.24, 2.45) is 0 Å². The zero-order valence-electron chi connectivity index (χ0n) is 37.4. The molecule has 11 unspecified atom stereocenters. The van der Waals surface area contributed by atoms with Crippen molar-refractivity contribution in [3.05, 3.63) is 12.2 Å². The lowest BCUT2D eigenvalue weighted by molar-refractivity contribution is -0.332. The molecule has 0 amide bonds. The predicted molar refractivity (Wildman–Crippen MR) is 229 cm³/mol. The highest BCUT2D eigenvalue weighted by Crippen LogP contribution is 2.26. The Morgan fingerprint density at radius 2 is 0.934 bits per heavy atom. The fourth-order valence-corrected chi connectivity index (χ4v) is 7.50. The quantitative estimate of drug-likeness (QED) is 0.0236. The Balaban J connectivity index is 1.72. The molecule has 0 aromatic rings. The standard InChI is InChI=1S/C46H84O15/c1-3-5-7-9-10-11-12-13-14-15-16-17-18-19-20-21-22-23-24-25-27-29-38(49)59-34(31-56-37(48)28-26-8-6-4-2)32-57-45-44(55)42(53)40(51)36(61-45)33-58-46-43(54)41(52)39(50)35(30-47)60-46/h15-16,34-36,39-47,50-55H,3-14,17-33H2,1-2H3/b16-15-. The number of allylic oxidation sites excluding steroid dienone is 2. The van der Waals surface area contributed by atoms with Crippen molar-refractivity contribution >= 4 is 11.9 Å². The lowest BCUT2D eigenvalue weighted by Gasteiger charge is -2.42. The molecule has 2 aliphatic rings. The van der Waals surface area contributed by atoms with Crippen LogP contribution >= 0.6 is 0 Å². The first-order chi connectivity index (χ1) is 29.5. The average Bonchev–Trinajstić information content (AvgIpc) is 3.25. The van der Waals surface area contributed by atoms with Gasteiger partial charge >= 0.3 is 11.9 Å². The van der Waals surface area contributed by atoms with Crippen LogP contribution in [0.4, 0.5) is 0 Å². The molecule has 0 spiro atoms. The molecule has 0 saturated carbocycles. The molecule has 2 saturated heterocycles. The minimum Gasteiger partial charge on any atom is -0.462 e. The van der Waals surface area contributed by atoms with Crippen molar-refractivity contribution in [1.82, 2.24) is 0 Å². The number of aliphatic hydroxyl groups is 7. The number of unbranched alkanes of at least 4 members (excludes halogenated alkanes) is 20. The van der Waals surface area contributed by atoms with E-state index in [1.807, 2.05) is 0 Å². The van der Waals surface area contributed by atoms with E-state index in [1.54, 1.807) is 0 Å². The van der Waals surface area contributed by atoms with E-state index in [-0.39, 0.29) is 26.1 Å². The zero-order chi connectivity index (χ0) is 44.7. The number of ether oxygens (including phenoxy) is 6.